The molecule has 0 fully saturated rings. The Balaban J connectivity index is 2.90. The van der Waals surface area contributed by atoms with Crippen LogP contribution in [0.15, 0.2) is 27.4 Å². The van der Waals surface area contributed by atoms with E-state index in [1.165, 1.54) is 18.2 Å². The first kappa shape index (κ1) is 10.3. The average molecular weight is 245 g/mol. The zero-order valence-corrected chi connectivity index (χ0v) is 8.97. The highest BCUT2D eigenvalue weighted by molar-refractivity contribution is 6.32. The summed E-state index contributed by atoms with van der Waals surface area (Å²) in [5, 5.41) is 10.2. The minimum atomic E-state index is -0.500. The van der Waals surface area contributed by atoms with Crippen LogP contribution in [0.5, 0.6) is 5.75 Å². The topological polar surface area (TPSA) is 50.4 Å². The molecule has 78 valence electrons. The molecule has 2 aromatic rings. The number of rotatable bonds is 1. The van der Waals surface area contributed by atoms with Crippen molar-refractivity contribution >= 4 is 34.2 Å². The van der Waals surface area contributed by atoms with E-state index in [-0.39, 0.29) is 22.2 Å². The molecule has 1 heterocycles. The molecule has 3 nitrogen and oxygen atoms in total. The molecule has 1 aromatic heterocycles. The van der Waals surface area contributed by atoms with Crippen molar-refractivity contribution in [2.24, 2.45) is 0 Å². The third-order valence-electron chi connectivity index (χ3n) is 2.04. The minimum absolute atomic E-state index is 0.126. The molecule has 0 aliphatic heterocycles. The number of phenolic OH excluding ortho intramolecular Hbond substituents is 1. The number of halogens is 2. The quantitative estimate of drug-likeness (QED) is 0.620. The van der Waals surface area contributed by atoms with Gasteiger partial charge < -0.3 is 9.52 Å². The molecule has 0 bridgehead atoms. The first-order valence-electron chi connectivity index (χ1n) is 4.13. The van der Waals surface area contributed by atoms with Gasteiger partial charge in [0.1, 0.15) is 11.3 Å². The van der Waals surface area contributed by atoms with Gasteiger partial charge in [0.25, 0.3) is 0 Å². The molecule has 0 amide bonds. The molecule has 1 aromatic carbocycles. The van der Waals surface area contributed by atoms with Gasteiger partial charge in [0, 0.05) is 23.4 Å². The molecule has 15 heavy (non-hydrogen) atoms. The molecule has 0 aliphatic carbocycles. The molecule has 5 heteroatoms. The fourth-order valence-corrected chi connectivity index (χ4v) is 1.73. The van der Waals surface area contributed by atoms with Crippen LogP contribution in [-0.4, -0.2) is 5.11 Å². The number of hydrogen-bond acceptors (Lipinski definition) is 3. The zero-order valence-electron chi connectivity index (χ0n) is 7.46. The lowest BCUT2D eigenvalue weighted by molar-refractivity contribution is 0.473. The second-order valence-electron chi connectivity index (χ2n) is 3.02. The van der Waals surface area contributed by atoms with Crippen LogP contribution in [0.4, 0.5) is 0 Å². The smallest absolute Gasteiger partial charge is 0.336 e. The van der Waals surface area contributed by atoms with E-state index in [1.54, 1.807) is 0 Å². The Morgan fingerprint density at radius 3 is 2.73 bits per heavy atom. The van der Waals surface area contributed by atoms with Crippen LogP contribution < -0.4 is 5.63 Å². The second kappa shape index (κ2) is 3.76. The Morgan fingerprint density at radius 2 is 2.07 bits per heavy atom. The minimum Gasteiger partial charge on any atom is -0.506 e. The van der Waals surface area contributed by atoms with Crippen LogP contribution in [0.3, 0.4) is 0 Å². The standard InChI is InChI=1S/C10H6Cl2O3/c11-4-5-1-10(14)15-9-3-8(13)7(12)2-6(5)9/h1-3,13H,4H2. The molecule has 1 N–H and O–H groups in total. The SMILES string of the molecule is O=c1cc(CCl)c2cc(Cl)c(O)cc2o1. The van der Waals surface area contributed by atoms with Gasteiger partial charge in [0.15, 0.2) is 0 Å². The van der Waals surface area contributed by atoms with Gasteiger partial charge in [0.2, 0.25) is 0 Å². The molecule has 0 unspecified atom stereocenters. The lowest BCUT2D eigenvalue weighted by Crippen LogP contribution is -1.99. The van der Waals surface area contributed by atoms with Gasteiger partial charge in [-0.25, -0.2) is 4.79 Å². The van der Waals surface area contributed by atoms with Crippen molar-refractivity contribution in [1.82, 2.24) is 0 Å². The number of fused-ring (bicyclic) bond motifs is 1. The Bertz CT molecular complexity index is 575. The van der Waals surface area contributed by atoms with Crippen LogP contribution >= 0.6 is 23.2 Å². The first-order valence-corrected chi connectivity index (χ1v) is 5.04. The van der Waals surface area contributed by atoms with Crippen molar-refractivity contribution in [1.29, 1.82) is 0 Å². The number of alkyl halides is 1. The maximum atomic E-state index is 11.1. The Kier molecular flexibility index (Phi) is 2.59. The summed E-state index contributed by atoms with van der Waals surface area (Å²) < 4.78 is 4.91. The highest BCUT2D eigenvalue weighted by atomic mass is 35.5. The summed E-state index contributed by atoms with van der Waals surface area (Å²) in [4.78, 5) is 11.1. The summed E-state index contributed by atoms with van der Waals surface area (Å²) >= 11 is 11.4. The van der Waals surface area contributed by atoms with E-state index in [2.05, 4.69) is 0 Å². The largest absolute Gasteiger partial charge is 0.506 e. The van der Waals surface area contributed by atoms with Gasteiger partial charge in [-0.3, -0.25) is 0 Å². The van der Waals surface area contributed by atoms with Crippen LogP contribution in [0.2, 0.25) is 5.02 Å². The first-order chi connectivity index (χ1) is 7.11. The van der Waals surface area contributed by atoms with Gasteiger partial charge in [-0.15, -0.1) is 11.6 Å². The van der Waals surface area contributed by atoms with Crippen molar-refractivity contribution in [3.05, 3.63) is 39.2 Å². The van der Waals surface area contributed by atoms with E-state index in [0.717, 1.165) is 0 Å². The third kappa shape index (κ3) is 1.80. The third-order valence-corrected chi connectivity index (χ3v) is 2.63. The number of phenols is 1. The van der Waals surface area contributed by atoms with Gasteiger partial charge >= 0.3 is 5.63 Å². The summed E-state index contributed by atoms with van der Waals surface area (Å²) in [5.74, 6) is 0.0578. The summed E-state index contributed by atoms with van der Waals surface area (Å²) in [7, 11) is 0. The van der Waals surface area contributed by atoms with E-state index < -0.39 is 5.63 Å². The normalized spacial score (nSPS) is 10.8. The number of hydrogen-bond donors (Lipinski definition) is 1. The lowest BCUT2D eigenvalue weighted by Gasteiger charge is -2.03. The highest BCUT2D eigenvalue weighted by Gasteiger charge is 2.08. The predicted molar refractivity (Wildman–Crippen MR) is 58.7 cm³/mol. The van der Waals surface area contributed by atoms with E-state index >= 15 is 0 Å². The van der Waals surface area contributed by atoms with E-state index in [9.17, 15) is 9.90 Å². The second-order valence-corrected chi connectivity index (χ2v) is 3.70. The van der Waals surface area contributed by atoms with Crippen molar-refractivity contribution in [3.63, 3.8) is 0 Å². The summed E-state index contributed by atoms with van der Waals surface area (Å²) in [6.45, 7) is 0. The fraction of sp³-hybridized carbons (Fsp3) is 0.100. The van der Waals surface area contributed by atoms with E-state index in [4.69, 9.17) is 27.6 Å². The predicted octanol–water partition coefficient (Wildman–Crippen LogP) is 2.89. The van der Waals surface area contributed by atoms with Crippen LogP contribution in [0, 0.1) is 0 Å². The summed E-state index contributed by atoms with van der Waals surface area (Å²) in [6, 6.07) is 4.13. The van der Waals surface area contributed by atoms with Gasteiger partial charge in [0.05, 0.1) is 5.02 Å². The summed E-state index contributed by atoms with van der Waals surface area (Å²) in [6.07, 6.45) is 0. The van der Waals surface area contributed by atoms with Crippen LogP contribution in [0.1, 0.15) is 5.56 Å². The molecule has 0 aliphatic rings. The van der Waals surface area contributed by atoms with Crippen LogP contribution in [-0.2, 0) is 5.88 Å². The number of aromatic hydroxyl groups is 1. The molecular formula is C10H6Cl2O3. The van der Waals surface area contributed by atoms with Crippen molar-refractivity contribution < 1.29 is 9.52 Å². The molecule has 0 saturated carbocycles. The van der Waals surface area contributed by atoms with Crippen molar-refractivity contribution in [2.45, 2.75) is 5.88 Å². The van der Waals surface area contributed by atoms with Gasteiger partial charge in [-0.2, -0.15) is 0 Å². The van der Waals surface area contributed by atoms with Gasteiger partial charge in [-0.1, -0.05) is 11.6 Å². The van der Waals surface area contributed by atoms with Crippen molar-refractivity contribution in [3.8, 4) is 5.75 Å². The maximum Gasteiger partial charge on any atom is 0.336 e. The zero-order chi connectivity index (χ0) is 11.0. The monoisotopic (exact) mass is 244 g/mol. The van der Waals surface area contributed by atoms with Gasteiger partial charge in [-0.05, 0) is 11.6 Å². The Hall–Kier alpha value is -1.19. The summed E-state index contributed by atoms with van der Waals surface area (Å²) in [5.41, 5.74) is 0.407. The molecule has 0 saturated heterocycles. The molecule has 0 atom stereocenters. The fourth-order valence-electron chi connectivity index (χ4n) is 1.35. The maximum absolute atomic E-state index is 11.1. The van der Waals surface area contributed by atoms with E-state index in [1.807, 2.05) is 0 Å². The van der Waals surface area contributed by atoms with Crippen molar-refractivity contribution in [2.75, 3.05) is 0 Å². The van der Waals surface area contributed by atoms with Crippen LogP contribution in [0.25, 0.3) is 11.0 Å². The number of benzene rings is 1. The average Bonchev–Trinajstić information content (AvgIpc) is 2.19. The molecule has 0 radical (unpaired) electrons. The molecule has 0 spiro atoms. The van der Waals surface area contributed by atoms with E-state index in [0.29, 0.717) is 10.9 Å². The Morgan fingerprint density at radius 1 is 1.33 bits per heavy atom. The molecule has 2 rings (SSSR count). The lowest BCUT2D eigenvalue weighted by atomic mass is 10.1. The Labute approximate surface area is 94.8 Å². The molecular weight excluding hydrogens is 239 g/mol. The highest BCUT2D eigenvalue weighted by Crippen LogP contribution is 2.30.